The Kier molecular flexibility index (Phi) is 4.26. The lowest BCUT2D eigenvalue weighted by Gasteiger charge is -2.14. The van der Waals surface area contributed by atoms with E-state index in [0.29, 0.717) is 12.3 Å². The summed E-state index contributed by atoms with van der Waals surface area (Å²) >= 11 is 0. The Morgan fingerprint density at radius 1 is 1.09 bits per heavy atom. The molecule has 0 unspecified atom stereocenters. The predicted molar refractivity (Wildman–Crippen MR) is 91.5 cm³/mol. The van der Waals surface area contributed by atoms with Crippen molar-refractivity contribution in [1.82, 2.24) is 9.97 Å². The Hall–Kier alpha value is -2.46. The summed E-state index contributed by atoms with van der Waals surface area (Å²) in [4.78, 5) is 9.39. The molecule has 1 aromatic heterocycles. The van der Waals surface area contributed by atoms with Crippen LogP contribution < -0.4 is 4.74 Å². The van der Waals surface area contributed by atoms with Crippen molar-refractivity contribution in [2.24, 2.45) is 0 Å². The van der Waals surface area contributed by atoms with Crippen LogP contribution in [0.3, 0.4) is 0 Å². The standard InChI is InChI=1S/C19H20N2O2/c1-4-23-14-9-10-16-17(11-14)21-19(18(20-16)13(3)22)15-8-6-5-7-12(15)2/h5-11,13,22H,4H2,1-3H3/t13-/m1/s1. The van der Waals surface area contributed by atoms with Gasteiger partial charge in [0.15, 0.2) is 0 Å². The van der Waals surface area contributed by atoms with Gasteiger partial charge in [-0.2, -0.15) is 0 Å². The number of aryl methyl sites for hydroxylation is 1. The van der Waals surface area contributed by atoms with E-state index in [4.69, 9.17) is 9.72 Å². The van der Waals surface area contributed by atoms with Crippen LogP contribution >= 0.6 is 0 Å². The SMILES string of the molecule is CCOc1ccc2nc([C@@H](C)O)c(-c3ccccc3C)nc2c1. The van der Waals surface area contributed by atoms with Crippen molar-refractivity contribution >= 4 is 11.0 Å². The van der Waals surface area contributed by atoms with Crippen LogP contribution in [0.2, 0.25) is 0 Å². The Bertz CT molecular complexity index is 844. The minimum Gasteiger partial charge on any atom is -0.494 e. The Morgan fingerprint density at radius 3 is 2.57 bits per heavy atom. The van der Waals surface area contributed by atoms with Gasteiger partial charge in [-0.3, -0.25) is 0 Å². The number of aliphatic hydroxyl groups excluding tert-OH is 1. The first-order valence-corrected chi connectivity index (χ1v) is 7.78. The van der Waals surface area contributed by atoms with E-state index >= 15 is 0 Å². The molecule has 0 saturated heterocycles. The van der Waals surface area contributed by atoms with E-state index in [1.54, 1.807) is 6.92 Å². The largest absolute Gasteiger partial charge is 0.494 e. The van der Waals surface area contributed by atoms with E-state index in [-0.39, 0.29) is 0 Å². The highest BCUT2D eigenvalue weighted by molar-refractivity contribution is 5.80. The molecule has 0 spiro atoms. The number of aliphatic hydroxyl groups is 1. The molecule has 0 bridgehead atoms. The molecular weight excluding hydrogens is 288 g/mol. The number of benzene rings is 2. The summed E-state index contributed by atoms with van der Waals surface area (Å²) in [5.41, 5.74) is 4.92. The van der Waals surface area contributed by atoms with Gasteiger partial charge in [0.2, 0.25) is 0 Å². The number of rotatable bonds is 4. The van der Waals surface area contributed by atoms with Gasteiger partial charge in [0.25, 0.3) is 0 Å². The molecule has 0 saturated carbocycles. The number of hydrogen-bond acceptors (Lipinski definition) is 4. The minimum atomic E-state index is -0.687. The number of aromatic nitrogens is 2. The molecule has 0 amide bonds. The van der Waals surface area contributed by atoms with E-state index in [1.165, 1.54) is 0 Å². The van der Waals surface area contributed by atoms with Gasteiger partial charge in [0.1, 0.15) is 5.75 Å². The Labute approximate surface area is 135 Å². The molecule has 2 aromatic carbocycles. The average molecular weight is 308 g/mol. The third-order valence-corrected chi connectivity index (χ3v) is 3.77. The molecule has 0 fully saturated rings. The number of fused-ring (bicyclic) bond motifs is 1. The van der Waals surface area contributed by atoms with Crippen molar-refractivity contribution in [2.45, 2.75) is 26.9 Å². The van der Waals surface area contributed by atoms with Crippen molar-refractivity contribution in [3.05, 3.63) is 53.7 Å². The highest BCUT2D eigenvalue weighted by Gasteiger charge is 2.16. The van der Waals surface area contributed by atoms with Gasteiger partial charge in [0.05, 0.1) is 35.1 Å². The van der Waals surface area contributed by atoms with Crippen LogP contribution in [-0.2, 0) is 0 Å². The molecule has 0 aliphatic carbocycles. The topological polar surface area (TPSA) is 55.2 Å². The molecule has 4 nitrogen and oxygen atoms in total. The van der Waals surface area contributed by atoms with E-state index in [2.05, 4.69) is 4.98 Å². The molecule has 0 aliphatic heterocycles. The lowest BCUT2D eigenvalue weighted by Crippen LogP contribution is -2.04. The van der Waals surface area contributed by atoms with Crippen molar-refractivity contribution in [2.75, 3.05) is 6.61 Å². The van der Waals surface area contributed by atoms with Crippen molar-refractivity contribution in [1.29, 1.82) is 0 Å². The molecule has 3 aromatic rings. The molecule has 1 heterocycles. The zero-order valence-electron chi connectivity index (χ0n) is 13.6. The van der Waals surface area contributed by atoms with E-state index in [9.17, 15) is 5.11 Å². The van der Waals surface area contributed by atoms with E-state index in [0.717, 1.165) is 33.6 Å². The molecule has 4 heteroatoms. The van der Waals surface area contributed by atoms with Crippen LogP contribution in [0.5, 0.6) is 5.75 Å². The Balaban J connectivity index is 2.25. The van der Waals surface area contributed by atoms with Gasteiger partial charge >= 0.3 is 0 Å². The lowest BCUT2D eigenvalue weighted by atomic mass is 10.0. The van der Waals surface area contributed by atoms with Gasteiger partial charge in [-0.1, -0.05) is 24.3 Å². The molecule has 118 valence electrons. The first kappa shape index (κ1) is 15.4. The fraction of sp³-hybridized carbons (Fsp3) is 0.263. The van der Waals surface area contributed by atoms with Gasteiger partial charge in [-0.15, -0.1) is 0 Å². The third kappa shape index (κ3) is 3.03. The molecule has 1 atom stereocenters. The Morgan fingerprint density at radius 2 is 1.87 bits per heavy atom. The summed E-state index contributed by atoms with van der Waals surface area (Å²) in [6.45, 7) is 6.30. The maximum Gasteiger partial charge on any atom is 0.121 e. The number of nitrogens with zero attached hydrogens (tertiary/aromatic N) is 2. The van der Waals surface area contributed by atoms with Gasteiger partial charge in [-0.25, -0.2) is 9.97 Å². The zero-order valence-corrected chi connectivity index (χ0v) is 13.6. The zero-order chi connectivity index (χ0) is 16.4. The van der Waals surface area contributed by atoms with Gasteiger partial charge in [0, 0.05) is 11.6 Å². The van der Waals surface area contributed by atoms with Crippen LogP contribution in [0.15, 0.2) is 42.5 Å². The summed E-state index contributed by atoms with van der Waals surface area (Å²) in [6.07, 6.45) is -0.687. The molecule has 3 rings (SSSR count). The number of hydrogen-bond donors (Lipinski definition) is 1. The van der Waals surface area contributed by atoms with Gasteiger partial charge < -0.3 is 9.84 Å². The fourth-order valence-corrected chi connectivity index (χ4v) is 2.63. The van der Waals surface area contributed by atoms with E-state index in [1.807, 2.05) is 56.3 Å². The van der Waals surface area contributed by atoms with Crippen LogP contribution in [-0.4, -0.2) is 21.7 Å². The van der Waals surface area contributed by atoms with E-state index < -0.39 is 6.10 Å². The maximum atomic E-state index is 10.1. The molecular formula is C19H20N2O2. The van der Waals surface area contributed by atoms with Crippen LogP contribution in [0.25, 0.3) is 22.3 Å². The third-order valence-electron chi connectivity index (χ3n) is 3.77. The van der Waals surface area contributed by atoms with Crippen LogP contribution in [0, 0.1) is 6.92 Å². The summed E-state index contributed by atoms with van der Waals surface area (Å²) in [5.74, 6) is 0.773. The average Bonchev–Trinajstić information content (AvgIpc) is 2.54. The summed E-state index contributed by atoms with van der Waals surface area (Å²) in [7, 11) is 0. The first-order valence-electron chi connectivity index (χ1n) is 7.78. The molecule has 23 heavy (non-hydrogen) atoms. The van der Waals surface area contributed by atoms with Crippen LogP contribution in [0.4, 0.5) is 0 Å². The smallest absolute Gasteiger partial charge is 0.121 e. The van der Waals surface area contributed by atoms with Crippen molar-refractivity contribution in [3.63, 3.8) is 0 Å². The van der Waals surface area contributed by atoms with Crippen molar-refractivity contribution < 1.29 is 9.84 Å². The normalized spacial score (nSPS) is 12.3. The maximum absolute atomic E-state index is 10.1. The second-order valence-electron chi connectivity index (χ2n) is 5.53. The first-order chi connectivity index (χ1) is 11.1. The summed E-state index contributed by atoms with van der Waals surface area (Å²) in [5, 5.41) is 10.1. The van der Waals surface area contributed by atoms with Crippen molar-refractivity contribution in [3.8, 4) is 17.0 Å². The second-order valence-corrected chi connectivity index (χ2v) is 5.53. The highest BCUT2D eigenvalue weighted by Crippen LogP contribution is 2.30. The highest BCUT2D eigenvalue weighted by atomic mass is 16.5. The molecule has 0 aliphatic rings. The van der Waals surface area contributed by atoms with Crippen LogP contribution in [0.1, 0.15) is 31.2 Å². The quantitative estimate of drug-likeness (QED) is 0.790. The lowest BCUT2D eigenvalue weighted by molar-refractivity contribution is 0.195. The summed E-state index contributed by atoms with van der Waals surface area (Å²) in [6, 6.07) is 13.6. The molecule has 0 radical (unpaired) electrons. The predicted octanol–water partition coefficient (Wildman–Crippen LogP) is 4.06. The second kappa shape index (κ2) is 6.34. The number of ether oxygens (including phenoxy) is 1. The summed E-state index contributed by atoms with van der Waals surface area (Å²) < 4.78 is 5.54. The fourth-order valence-electron chi connectivity index (χ4n) is 2.63. The van der Waals surface area contributed by atoms with Gasteiger partial charge in [-0.05, 0) is 38.5 Å². The molecule has 1 N–H and O–H groups in total. The minimum absolute atomic E-state index is 0.593. The monoisotopic (exact) mass is 308 g/mol.